The van der Waals surface area contributed by atoms with E-state index in [0.717, 1.165) is 21.0 Å². The predicted octanol–water partition coefficient (Wildman–Crippen LogP) is 5.69. The molecule has 2 aliphatic rings. The molecule has 1 heterocycles. The summed E-state index contributed by atoms with van der Waals surface area (Å²) in [4.78, 5) is 4.79. The quantitative estimate of drug-likeness (QED) is 0.740. The van der Waals surface area contributed by atoms with Crippen molar-refractivity contribution in [3.8, 4) is 0 Å². The lowest BCUT2D eigenvalue weighted by Crippen LogP contribution is -2.45. The van der Waals surface area contributed by atoms with Crippen molar-refractivity contribution in [1.29, 1.82) is 0 Å². The monoisotopic (exact) mass is 364 g/mol. The molecule has 3 unspecified atom stereocenters. The van der Waals surface area contributed by atoms with Crippen molar-refractivity contribution >= 4 is 42.6 Å². The minimum absolute atomic E-state index is 0.367. The van der Waals surface area contributed by atoms with Crippen LogP contribution in [0.4, 0.5) is 5.13 Å². The van der Waals surface area contributed by atoms with Crippen LogP contribution in [0.2, 0.25) is 0 Å². The van der Waals surface area contributed by atoms with Gasteiger partial charge in [0.25, 0.3) is 0 Å². The van der Waals surface area contributed by atoms with Gasteiger partial charge < -0.3 is 5.32 Å². The van der Waals surface area contributed by atoms with Crippen LogP contribution in [0.15, 0.2) is 22.7 Å². The second-order valence-electron chi connectivity index (χ2n) is 7.62. The highest BCUT2D eigenvalue weighted by atomic mass is 79.9. The van der Waals surface area contributed by atoms with Crippen LogP contribution in [0.3, 0.4) is 0 Å². The molecular weight excluding hydrogens is 344 g/mol. The van der Waals surface area contributed by atoms with Crippen LogP contribution in [0.5, 0.6) is 0 Å². The van der Waals surface area contributed by atoms with Gasteiger partial charge in [0, 0.05) is 10.5 Å². The summed E-state index contributed by atoms with van der Waals surface area (Å²) in [5.74, 6) is 0.864. The molecular formula is C17H21BrN2S. The molecule has 1 aromatic heterocycles. The molecule has 2 nitrogen and oxygen atoms in total. The summed E-state index contributed by atoms with van der Waals surface area (Å²) in [7, 11) is 0. The van der Waals surface area contributed by atoms with E-state index < -0.39 is 0 Å². The molecule has 2 fully saturated rings. The zero-order valence-corrected chi connectivity index (χ0v) is 15.1. The number of thiazole rings is 1. The zero-order chi connectivity index (χ0) is 14.8. The van der Waals surface area contributed by atoms with Crippen molar-refractivity contribution in [3.05, 3.63) is 22.7 Å². The number of benzene rings is 1. The first-order valence-electron chi connectivity index (χ1n) is 7.71. The summed E-state index contributed by atoms with van der Waals surface area (Å²) >= 11 is 5.30. The van der Waals surface area contributed by atoms with Crippen LogP contribution < -0.4 is 5.32 Å². The third-order valence-electron chi connectivity index (χ3n) is 5.89. The van der Waals surface area contributed by atoms with Crippen LogP contribution in [-0.2, 0) is 0 Å². The molecule has 2 aromatic rings. The average Bonchev–Trinajstić information content (AvgIpc) is 3.03. The average molecular weight is 365 g/mol. The van der Waals surface area contributed by atoms with Crippen molar-refractivity contribution in [2.24, 2.45) is 16.7 Å². The van der Waals surface area contributed by atoms with E-state index in [1.54, 1.807) is 11.3 Å². The van der Waals surface area contributed by atoms with E-state index in [4.69, 9.17) is 4.98 Å². The van der Waals surface area contributed by atoms with Gasteiger partial charge in [-0.05, 0) is 54.2 Å². The highest BCUT2D eigenvalue weighted by molar-refractivity contribution is 9.10. The number of halogens is 1. The number of nitrogens with zero attached hydrogens (tertiary/aromatic N) is 1. The molecule has 2 saturated carbocycles. The van der Waals surface area contributed by atoms with Gasteiger partial charge in [-0.25, -0.2) is 4.98 Å². The molecule has 1 N–H and O–H groups in total. The van der Waals surface area contributed by atoms with Crippen molar-refractivity contribution in [2.75, 3.05) is 5.32 Å². The second kappa shape index (κ2) is 4.45. The Balaban J connectivity index is 1.68. The van der Waals surface area contributed by atoms with Gasteiger partial charge in [0.1, 0.15) is 0 Å². The standard InChI is InChI=1S/C17H21BrN2S/c1-16(2)10-6-7-17(3,9-10)14(16)20-15-19-12-8-11(18)4-5-13(12)21-15/h4-5,8,10,14H,6-7,9H2,1-3H3,(H,19,20). The predicted molar refractivity (Wildman–Crippen MR) is 94.0 cm³/mol. The van der Waals surface area contributed by atoms with E-state index in [2.05, 4.69) is 60.2 Å². The fourth-order valence-electron chi connectivity index (χ4n) is 4.75. The molecule has 0 radical (unpaired) electrons. The first kappa shape index (κ1) is 14.0. The third-order valence-corrected chi connectivity index (χ3v) is 7.35. The third kappa shape index (κ3) is 2.06. The van der Waals surface area contributed by atoms with Gasteiger partial charge >= 0.3 is 0 Å². The molecule has 4 heteroatoms. The minimum Gasteiger partial charge on any atom is -0.358 e. The smallest absolute Gasteiger partial charge is 0.184 e. The number of rotatable bonds is 2. The Morgan fingerprint density at radius 3 is 2.86 bits per heavy atom. The van der Waals surface area contributed by atoms with Gasteiger partial charge in [0.05, 0.1) is 10.2 Å². The normalized spacial score (nSPS) is 33.7. The number of hydrogen-bond acceptors (Lipinski definition) is 3. The summed E-state index contributed by atoms with van der Waals surface area (Å²) in [6.45, 7) is 7.33. The van der Waals surface area contributed by atoms with E-state index in [9.17, 15) is 0 Å². The molecule has 2 bridgehead atoms. The summed E-state index contributed by atoms with van der Waals surface area (Å²) in [5.41, 5.74) is 1.89. The number of hydrogen-bond donors (Lipinski definition) is 1. The van der Waals surface area contributed by atoms with Crippen molar-refractivity contribution in [1.82, 2.24) is 4.98 Å². The Morgan fingerprint density at radius 2 is 2.14 bits per heavy atom. The van der Waals surface area contributed by atoms with Gasteiger partial charge in [0.15, 0.2) is 5.13 Å². The lowest BCUT2D eigenvalue weighted by atomic mass is 9.68. The number of aromatic nitrogens is 1. The van der Waals surface area contributed by atoms with Crippen LogP contribution in [0.25, 0.3) is 10.2 Å². The Hall–Kier alpha value is -0.610. The molecule has 4 rings (SSSR count). The highest BCUT2D eigenvalue weighted by Crippen LogP contribution is 2.63. The fraction of sp³-hybridized carbons (Fsp3) is 0.588. The van der Waals surface area contributed by atoms with E-state index in [1.807, 2.05) is 0 Å². The Labute approximate surface area is 138 Å². The van der Waals surface area contributed by atoms with Crippen LogP contribution in [-0.4, -0.2) is 11.0 Å². The molecule has 3 atom stereocenters. The maximum Gasteiger partial charge on any atom is 0.184 e. The molecule has 112 valence electrons. The summed E-state index contributed by atoms with van der Waals surface area (Å²) < 4.78 is 2.35. The number of fused-ring (bicyclic) bond motifs is 3. The maximum atomic E-state index is 4.79. The summed E-state index contributed by atoms with van der Waals surface area (Å²) in [6.07, 6.45) is 4.12. The zero-order valence-electron chi connectivity index (χ0n) is 12.7. The van der Waals surface area contributed by atoms with Crippen molar-refractivity contribution < 1.29 is 0 Å². The van der Waals surface area contributed by atoms with Crippen LogP contribution in [0, 0.1) is 16.7 Å². The second-order valence-corrected chi connectivity index (χ2v) is 9.57. The molecule has 21 heavy (non-hydrogen) atoms. The van der Waals surface area contributed by atoms with Crippen molar-refractivity contribution in [3.63, 3.8) is 0 Å². The molecule has 2 aliphatic carbocycles. The Bertz CT molecular complexity index is 703. The largest absolute Gasteiger partial charge is 0.358 e. The van der Waals surface area contributed by atoms with Crippen LogP contribution >= 0.6 is 27.3 Å². The lowest BCUT2D eigenvalue weighted by Gasteiger charge is -2.43. The van der Waals surface area contributed by atoms with Crippen molar-refractivity contribution in [2.45, 2.75) is 46.1 Å². The fourth-order valence-corrected chi connectivity index (χ4v) is 5.97. The van der Waals surface area contributed by atoms with Gasteiger partial charge in [0.2, 0.25) is 0 Å². The van der Waals surface area contributed by atoms with Crippen LogP contribution in [0.1, 0.15) is 40.0 Å². The Morgan fingerprint density at radius 1 is 1.33 bits per heavy atom. The number of anilines is 1. The maximum absolute atomic E-state index is 4.79. The first-order valence-corrected chi connectivity index (χ1v) is 9.32. The Kier molecular flexibility index (Phi) is 2.97. The van der Waals surface area contributed by atoms with E-state index in [-0.39, 0.29) is 0 Å². The molecule has 0 spiro atoms. The lowest BCUT2D eigenvalue weighted by molar-refractivity contribution is 0.155. The van der Waals surface area contributed by atoms with Gasteiger partial charge in [-0.3, -0.25) is 0 Å². The SMILES string of the molecule is CC12CCC(C1)C(C)(C)C2Nc1nc2cc(Br)ccc2s1. The van der Waals surface area contributed by atoms with Gasteiger partial charge in [-0.1, -0.05) is 48.0 Å². The highest BCUT2D eigenvalue weighted by Gasteiger charge is 2.59. The first-order chi connectivity index (χ1) is 9.88. The number of nitrogens with one attached hydrogen (secondary N) is 1. The molecule has 0 amide bonds. The molecule has 0 aliphatic heterocycles. The van der Waals surface area contributed by atoms with Gasteiger partial charge in [-0.15, -0.1) is 0 Å². The summed E-state index contributed by atoms with van der Waals surface area (Å²) in [6, 6.07) is 6.88. The molecule has 0 saturated heterocycles. The van der Waals surface area contributed by atoms with Gasteiger partial charge in [-0.2, -0.15) is 0 Å². The molecule has 1 aromatic carbocycles. The van der Waals surface area contributed by atoms with E-state index in [0.29, 0.717) is 16.9 Å². The topological polar surface area (TPSA) is 24.9 Å². The van der Waals surface area contributed by atoms with E-state index >= 15 is 0 Å². The summed E-state index contributed by atoms with van der Waals surface area (Å²) in [5, 5.41) is 4.88. The van der Waals surface area contributed by atoms with E-state index in [1.165, 1.54) is 24.0 Å². The minimum atomic E-state index is 0.367.